The standard InChI is InChI=1S/C8H12N4/c1-4-5-7-8(10-3)12(9)6(2)11-7/h4-5H,3,9H2,1-2H3/b5-4-. The molecule has 0 saturated carbocycles. The highest BCUT2D eigenvalue weighted by atomic mass is 15.4. The van der Waals surface area contributed by atoms with E-state index in [4.69, 9.17) is 5.84 Å². The van der Waals surface area contributed by atoms with Crippen LogP contribution in [0.4, 0.5) is 5.82 Å². The van der Waals surface area contributed by atoms with Gasteiger partial charge in [-0.2, -0.15) is 0 Å². The maximum absolute atomic E-state index is 5.63. The van der Waals surface area contributed by atoms with Gasteiger partial charge in [0.25, 0.3) is 0 Å². The van der Waals surface area contributed by atoms with Crippen LogP contribution in [0, 0.1) is 6.92 Å². The van der Waals surface area contributed by atoms with Gasteiger partial charge in [-0.1, -0.05) is 6.08 Å². The molecule has 0 aliphatic carbocycles. The molecule has 0 unspecified atom stereocenters. The molecule has 0 spiro atoms. The molecule has 4 nitrogen and oxygen atoms in total. The van der Waals surface area contributed by atoms with E-state index in [1.165, 1.54) is 4.68 Å². The maximum Gasteiger partial charge on any atom is 0.178 e. The number of rotatable bonds is 2. The van der Waals surface area contributed by atoms with Crippen molar-refractivity contribution in [1.82, 2.24) is 9.66 Å². The van der Waals surface area contributed by atoms with Crippen LogP contribution in [0.25, 0.3) is 6.08 Å². The number of nitrogens with zero attached hydrogens (tertiary/aromatic N) is 3. The fourth-order valence-corrected chi connectivity index (χ4v) is 0.982. The minimum Gasteiger partial charge on any atom is -0.336 e. The van der Waals surface area contributed by atoms with Gasteiger partial charge in [0.1, 0.15) is 11.5 Å². The van der Waals surface area contributed by atoms with Gasteiger partial charge < -0.3 is 5.84 Å². The molecule has 0 bridgehead atoms. The van der Waals surface area contributed by atoms with Crippen molar-refractivity contribution in [2.75, 3.05) is 5.84 Å². The van der Waals surface area contributed by atoms with Crippen LogP contribution in [-0.2, 0) is 0 Å². The Bertz CT molecular complexity index is 322. The SMILES string of the molecule is C=Nc1c(/C=C\C)nc(C)n1N. The van der Waals surface area contributed by atoms with Crippen LogP contribution in [0.1, 0.15) is 18.4 Å². The zero-order chi connectivity index (χ0) is 9.14. The van der Waals surface area contributed by atoms with Crippen LogP contribution < -0.4 is 5.84 Å². The largest absolute Gasteiger partial charge is 0.336 e. The Balaban J connectivity index is 3.28. The fraction of sp³-hybridized carbons (Fsp3) is 0.250. The summed E-state index contributed by atoms with van der Waals surface area (Å²) in [5, 5.41) is 0. The van der Waals surface area contributed by atoms with E-state index in [0.717, 1.165) is 11.5 Å². The van der Waals surface area contributed by atoms with Crippen LogP contribution in [0.2, 0.25) is 0 Å². The number of aromatic nitrogens is 2. The molecule has 4 heteroatoms. The summed E-state index contributed by atoms with van der Waals surface area (Å²) in [5.41, 5.74) is 0.757. The molecule has 1 heterocycles. The first kappa shape index (κ1) is 8.52. The molecule has 0 amide bonds. The summed E-state index contributed by atoms with van der Waals surface area (Å²) in [5.74, 6) is 6.96. The number of allylic oxidation sites excluding steroid dienone is 1. The topological polar surface area (TPSA) is 56.2 Å². The first-order valence-electron chi connectivity index (χ1n) is 3.64. The van der Waals surface area contributed by atoms with E-state index in [1.807, 2.05) is 26.0 Å². The minimum absolute atomic E-state index is 0.602. The third kappa shape index (κ3) is 1.23. The summed E-state index contributed by atoms with van der Waals surface area (Å²) in [6, 6.07) is 0. The lowest BCUT2D eigenvalue weighted by Gasteiger charge is -1.95. The Morgan fingerprint density at radius 1 is 1.67 bits per heavy atom. The number of nitrogens with two attached hydrogens (primary N) is 1. The van der Waals surface area contributed by atoms with Crippen molar-refractivity contribution in [3.63, 3.8) is 0 Å². The highest BCUT2D eigenvalue weighted by molar-refractivity contribution is 5.60. The van der Waals surface area contributed by atoms with E-state index in [-0.39, 0.29) is 0 Å². The second-order valence-electron chi connectivity index (χ2n) is 2.40. The predicted molar refractivity (Wildman–Crippen MR) is 51.0 cm³/mol. The third-order valence-corrected chi connectivity index (χ3v) is 1.56. The molecular weight excluding hydrogens is 152 g/mol. The normalized spacial score (nSPS) is 10.8. The van der Waals surface area contributed by atoms with Crippen molar-refractivity contribution >= 4 is 18.6 Å². The van der Waals surface area contributed by atoms with E-state index in [1.54, 1.807) is 0 Å². The molecule has 0 aromatic carbocycles. The van der Waals surface area contributed by atoms with E-state index in [0.29, 0.717) is 5.82 Å². The summed E-state index contributed by atoms with van der Waals surface area (Å²) < 4.78 is 1.42. The molecule has 0 saturated heterocycles. The summed E-state index contributed by atoms with van der Waals surface area (Å²) in [6.07, 6.45) is 3.73. The molecule has 2 N–H and O–H groups in total. The molecule has 12 heavy (non-hydrogen) atoms. The van der Waals surface area contributed by atoms with E-state index in [2.05, 4.69) is 16.7 Å². The monoisotopic (exact) mass is 164 g/mol. The molecule has 0 aliphatic heterocycles. The van der Waals surface area contributed by atoms with Crippen LogP contribution in [0.5, 0.6) is 0 Å². The van der Waals surface area contributed by atoms with Crippen LogP contribution in [0.15, 0.2) is 11.1 Å². The molecule has 1 aromatic rings. The van der Waals surface area contributed by atoms with Crippen molar-refractivity contribution in [2.45, 2.75) is 13.8 Å². The van der Waals surface area contributed by atoms with Crippen LogP contribution in [0.3, 0.4) is 0 Å². The van der Waals surface area contributed by atoms with E-state index >= 15 is 0 Å². The summed E-state index contributed by atoms with van der Waals surface area (Å²) in [4.78, 5) is 7.97. The first-order chi connectivity index (χ1) is 5.70. The van der Waals surface area contributed by atoms with Gasteiger partial charge in [-0.15, -0.1) is 0 Å². The van der Waals surface area contributed by atoms with Gasteiger partial charge in [0.15, 0.2) is 5.82 Å². The summed E-state index contributed by atoms with van der Waals surface area (Å²) in [6.45, 7) is 7.16. The average Bonchev–Trinajstić information content (AvgIpc) is 2.29. The van der Waals surface area contributed by atoms with Crippen LogP contribution in [-0.4, -0.2) is 16.4 Å². The number of nitrogen functional groups attached to an aromatic ring is 1. The number of hydrogen-bond donors (Lipinski definition) is 1. The highest BCUT2D eigenvalue weighted by Crippen LogP contribution is 2.18. The molecule has 0 fully saturated rings. The number of hydrogen-bond acceptors (Lipinski definition) is 3. The van der Waals surface area contributed by atoms with E-state index in [9.17, 15) is 0 Å². The Labute approximate surface area is 71.4 Å². The Morgan fingerprint density at radius 2 is 2.33 bits per heavy atom. The van der Waals surface area contributed by atoms with Gasteiger partial charge in [-0.05, 0) is 26.6 Å². The van der Waals surface area contributed by atoms with Crippen molar-refractivity contribution in [3.05, 3.63) is 17.6 Å². The second-order valence-corrected chi connectivity index (χ2v) is 2.40. The zero-order valence-corrected chi connectivity index (χ0v) is 7.28. The van der Waals surface area contributed by atoms with Gasteiger partial charge in [-0.3, -0.25) is 0 Å². The molecule has 0 radical (unpaired) electrons. The molecule has 1 rings (SSSR count). The Morgan fingerprint density at radius 3 is 2.83 bits per heavy atom. The highest BCUT2D eigenvalue weighted by Gasteiger charge is 2.07. The molecule has 0 aliphatic rings. The fourth-order valence-electron chi connectivity index (χ4n) is 0.982. The lowest BCUT2D eigenvalue weighted by molar-refractivity contribution is 0.927. The maximum atomic E-state index is 5.63. The Hall–Kier alpha value is -1.58. The third-order valence-electron chi connectivity index (χ3n) is 1.56. The number of aliphatic imine (C=N–C) groups is 1. The quantitative estimate of drug-likeness (QED) is 0.528. The van der Waals surface area contributed by atoms with Gasteiger partial charge in [-0.25, -0.2) is 14.7 Å². The van der Waals surface area contributed by atoms with Crippen LogP contribution >= 0.6 is 0 Å². The lowest BCUT2D eigenvalue weighted by Crippen LogP contribution is -2.09. The van der Waals surface area contributed by atoms with Gasteiger partial charge in [0, 0.05) is 0 Å². The minimum atomic E-state index is 0.602. The van der Waals surface area contributed by atoms with Gasteiger partial charge in [0.05, 0.1) is 0 Å². The second kappa shape index (κ2) is 3.21. The first-order valence-corrected chi connectivity index (χ1v) is 3.64. The average molecular weight is 164 g/mol. The molecular formula is C8H12N4. The van der Waals surface area contributed by atoms with Gasteiger partial charge in [0.2, 0.25) is 0 Å². The van der Waals surface area contributed by atoms with Gasteiger partial charge >= 0.3 is 0 Å². The molecule has 1 aromatic heterocycles. The van der Waals surface area contributed by atoms with Crippen molar-refractivity contribution in [3.8, 4) is 0 Å². The smallest absolute Gasteiger partial charge is 0.178 e. The Kier molecular flexibility index (Phi) is 2.28. The molecule has 0 atom stereocenters. The lowest BCUT2D eigenvalue weighted by atomic mass is 10.4. The number of aryl methyl sites for hydroxylation is 1. The van der Waals surface area contributed by atoms with Crippen molar-refractivity contribution in [1.29, 1.82) is 0 Å². The van der Waals surface area contributed by atoms with E-state index < -0.39 is 0 Å². The predicted octanol–water partition coefficient (Wildman–Crippen LogP) is 1.27. The molecule has 64 valence electrons. The van der Waals surface area contributed by atoms with Crippen molar-refractivity contribution < 1.29 is 0 Å². The van der Waals surface area contributed by atoms with Crippen molar-refractivity contribution in [2.24, 2.45) is 4.99 Å². The number of imidazole rings is 1. The summed E-state index contributed by atoms with van der Waals surface area (Å²) in [7, 11) is 0. The zero-order valence-electron chi connectivity index (χ0n) is 7.28. The summed E-state index contributed by atoms with van der Waals surface area (Å²) >= 11 is 0.